The Morgan fingerprint density at radius 2 is 2.25 bits per heavy atom. The number of esters is 1. The summed E-state index contributed by atoms with van der Waals surface area (Å²) >= 11 is 1.69. The number of hydrogen-bond donors (Lipinski definition) is 1. The van der Waals surface area contributed by atoms with Crippen molar-refractivity contribution < 1.29 is 9.53 Å². The van der Waals surface area contributed by atoms with E-state index in [0.717, 1.165) is 6.42 Å². The zero-order chi connectivity index (χ0) is 12.0. The van der Waals surface area contributed by atoms with Gasteiger partial charge >= 0.3 is 5.97 Å². The molecule has 1 N–H and O–H groups in total. The molecule has 0 radical (unpaired) electrons. The molecule has 0 aliphatic rings. The Morgan fingerprint density at radius 1 is 1.50 bits per heavy atom. The highest BCUT2D eigenvalue weighted by Gasteiger charge is 2.08. The first kappa shape index (κ1) is 13.2. The minimum atomic E-state index is -0.188. The smallest absolute Gasteiger partial charge is 0.320 e. The Kier molecular flexibility index (Phi) is 5.49. The predicted octanol–water partition coefficient (Wildman–Crippen LogP) is 2.22. The van der Waals surface area contributed by atoms with E-state index in [1.807, 2.05) is 13.8 Å². The SMILES string of the molecule is CC(Cc1ccsc1)NCC(=O)OC(C)C. The monoisotopic (exact) mass is 241 g/mol. The van der Waals surface area contributed by atoms with E-state index in [0.29, 0.717) is 0 Å². The van der Waals surface area contributed by atoms with Crippen molar-refractivity contribution in [2.75, 3.05) is 6.54 Å². The molecule has 1 atom stereocenters. The molecule has 3 nitrogen and oxygen atoms in total. The summed E-state index contributed by atoms with van der Waals surface area (Å²) < 4.78 is 5.04. The van der Waals surface area contributed by atoms with Gasteiger partial charge in [0.15, 0.2) is 0 Å². The lowest BCUT2D eigenvalue weighted by Gasteiger charge is -2.13. The van der Waals surface area contributed by atoms with Crippen LogP contribution in [0.3, 0.4) is 0 Å². The Bertz CT molecular complexity index is 309. The molecule has 16 heavy (non-hydrogen) atoms. The summed E-state index contributed by atoms with van der Waals surface area (Å²) in [4.78, 5) is 11.3. The molecule has 1 unspecified atom stereocenters. The van der Waals surface area contributed by atoms with Crippen LogP contribution in [-0.4, -0.2) is 24.7 Å². The maximum Gasteiger partial charge on any atom is 0.320 e. The van der Waals surface area contributed by atoms with E-state index in [2.05, 4.69) is 29.1 Å². The van der Waals surface area contributed by atoms with E-state index >= 15 is 0 Å². The molecule has 0 saturated heterocycles. The van der Waals surface area contributed by atoms with Crippen molar-refractivity contribution >= 4 is 17.3 Å². The summed E-state index contributed by atoms with van der Waals surface area (Å²) in [5, 5.41) is 7.35. The topological polar surface area (TPSA) is 38.3 Å². The van der Waals surface area contributed by atoms with Gasteiger partial charge in [-0.25, -0.2) is 0 Å². The summed E-state index contributed by atoms with van der Waals surface area (Å²) in [6, 6.07) is 2.39. The van der Waals surface area contributed by atoms with Gasteiger partial charge in [0.05, 0.1) is 12.6 Å². The van der Waals surface area contributed by atoms with Gasteiger partial charge in [-0.05, 0) is 49.6 Å². The summed E-state index contributed by atoms with van der Waals surface area (Å²) in [6.07, 6.45) is 0.903. The van der Waals surface area contributed by atoms with Gasteiger partial charge in [-0.1, -0.05) is 0 Å². The average Bonchev–Trinajstić information content (AvgIpc) is 2.66. The zero-order valence-electron chi connectivity index (χ0n) is 10.0. The maximum absolute atomic E-state index is 11.3. The Hall–Kier alpha value is -0.870. The predicted molar refractivity (Wildman–Crippen MR) is 66.7 cm³/mol. The van der Waals surface area contributed by atoms with Gasteiger partial charge in [0, 0.05) is 6.04 Å². The number of hydrogen-bond acceptors (Lipinski definition) is 4. The molecule has 0 bridgehead atoms. The largest absolute Gasteiger partial charge is 0.462 e. The quantitative estimate of drug-likeness (QED) is 0.776. The van der Waals surface area contributed by atoms with Gasteiger partial charge in [-0.15, -0.1) is 0 Å². The van der Waals surface area contributed by atoms with Crippen LogP contribution in [0.1, 0.15) is 26.3 Å². The number of ether oxygens (including phenoxy) is 1. The van der Waals surface area contributed by atoms with Crippen LogP contribution >= 0.6 is 11.3 Å². The van der Waals surface area contributed by atoms with Gasteiger partial charge in [0.2, 0.25) is 0 Å². The second kappa shape index (κ2) is 6.66. The van der Waals surface area contributed by atoms with Crippen LogP contribution in [0.5, 0.6) is 0 Å². The standard InChI is InChI=1S/C12H19NO2S/c1-9(2)15-12(14)7-13-10(3)6-11-4-5-16-8-11/h4-5,8-10,13H,6-7H2,1-3H3. The molecule has 0 aromatic carbocycles. The van der Waals surface area contributed by atoms with E-state index < -0.39 is 0 Å². The van der Waals surface area contributed by atoms with Crippen molar-refractivity contribution in [3.8, 4) is 0 Å². The van der Waals surface area contributed by atoms with Crippen LogP contribution in [0.25, 0.3) is 0 Å². The van der Waals surface area contributed by atoms with Crippen LogP contribution in [0.4, 0.5) is 0 Å². The summed E-state index contributed by atoms with van der Waals surface area (Å²) in [5.41, 5.74) is 1.31. The fourth-order valence-electron chi connectivity index (χ4n) is 1.40. The molecule has 1 aromatic heterocycles. The maximum atomic E-state index is 11.3. The lowest BCUT2D eigenvalue weighted by atomic mass is 10.1. The highest BCUT2D eigenvalue weighted by atomic mass is 32.1. The number of carbonyl (C=O) groups excluding carboxylic acids is 1. The molecule has 0 spiro atoms. The Balaban J connectivity index is 2.20. The lowest BCUT2D eigenvalue weighted by molar-refractivity contribution is -0.146. The van der Waals surface area contributed by atoms with Crippen molar-refractivity contribution in [1.82, 2.24) is 5.32 Å². The van der Waals surface area contributed by atoms with Crippen molar-refractivity contribution in [3.05, 3.63) is 22.4 Å². The second-order valence-electron chi connectivity index (χ2n) is 4.16. The number of carbonyl (C=O) groups is 1. The van der Waals surface area contributed by atoms with E-state index in [1.54, 1.807) is 11.3 Å². The highest BCUT2D eigenvalue weighted by molar-refractivity contribution is 7.07. The van der Waals surface area contributed by atoms with E-state index in [4.69, 9.17) is 4.74 Å². The molecule has 4 heteroatoms. The van der Waals surface area contributed by atoms with E-state index in [1.165, 1.54) is 5.56 Å². The van der Waals surface area contributed by atoms with Crippen LogP contribution < -0.4 is 5.32 Å². The Morgan fingerprint density at radius 3 is 2.81 bits per heavy atom. The molecule has 0 saturated carbocycles. The number of nitrogens with one attached hydrogen (secondary N) is 1. The fraction of sp³-hybridized carbons (Fsp3) is 0.583. The fourth-order valence-corrected chi connectivity index (χ4v) is 2.08. The van der Waals surface area contributed by atoms with Gasteiger partial charge < -0.3 is 10.1 Å². The first-order valence-electron chi connectivity index (χ1n) is 5.52. The Labute approximate surface area is 101 Å². The molecule has 1 rings (SSSR count). The molecule has 1 heterocycles. The minimum Gasteiger partial charge on any atom is -0.462 e. The van der Waals surface area contributed by atoms with Crippen LogP contribution in [0, 0.1) is 0 Å². The van der Waals surface area contributed by atoms with Crippen LogP contribution in [0.2, 0.25) is 0 Å². The second-order valence-corrected chi connectivity index (χ2v) is 4.94. The molecule has 0 amide bonds. The molecule has 90 valence electrons. The minimum absolute atomic E-state index is 0.0403. The summed E-state index contributed by atoms with van der Waals surface area (Å²) in [5.74, 6) is -0.188. The van der Waals surface area contributed by atoms with Crippen molar-refractivity contribution in [3.63, 3.8) is 0 Å². The third kappa shape index (κ3) is 5.28. The van der Waals surface area contributed by atoms with Crippen molar-refractivity contribution in [2.24, 2.45) is 0 Å². The number of rotatable bonds is 6. The third-order valence-corrected chi connectivity index (χ3v) is 2.82. The van der Waals surface area contributed by atoms with Gasteiger partial charge in [0.1, 0.15) is 0 Å². The molecule has 0 fully saturated rings. The van der Waals surface area contributed by atoms with Crippen molar-refractivity contribution in [1.29, 1.82) is 0 Å². The molecule has 0 aliphatic heterocycles. The first-order chi connectivity index (χ1) is 7.58. The van der Waals surface area contributed by atoms with Gasteiger partial charge in [-0.3, -0.25) is 4.79 Å². The number of thiophene rings is 1. The molecule has 1 aromatic rings. The molecular formula is C12H19NO2S. The first-order valence-corrected chi connectivity index (χ1v) is 6.46. The van der Waals surface area contributed by atoms with Crippen LogP contribution in [-0.2, 0) is 16.0 Å². The summed E-state index contributed by atoms with van der Waals surface area (Å²) in [6.45, 7) is 6.06. The third-order valence-electron chi connectivity index (χ3n) is 2.08. The normalized spacial score (nSPS) is 12.8. The summed E-state index contributed by atoms with van der Waals surface area (Å²) in [7, 11) is 0. The van der Waals surface area contributed by atoms with E-state index in [9.17, 15) is 4.79 Å². The highest BCUT2D eigenvalue weighted by Crippen LogP contribution is 2.08. The average molecular weight is 241 g/mol. The lowest BCUT2D eigenvalue weighted by Crippen LogP contribution is -2.34. The molecule has 0 aliphatic carbocycles. The van der Waals surface area contributed by atoms with Crippen LogP contribution in [0.15, 0.2) is 16.8 Å². The molecular weight excluding hydrogens is 222 g/mol. The van der Waals surface area contributed by atoms with E-state index in [-0.39, 0.29) is 24.7 Å². The van der Waals surface area contributed by atoms with Gasteiger partial charge in [-0.2, -0.15) is 11.3 Å². The zero-order valence-corrected chi connectivity index (χ0v) is 10.8. The van der Waals surface area contributed by atoms with Gasteiger partial charge in [0.25, 0.3) is 0 Å². The van der Waals surface area contributed by atoms with Crippen molar-refractivity contribution in [2.45, 2.75) is 39.3 Å².